The second-order valence-electron chi connectivity index (χ2n) is 8.90. The molecule has 1 spiro atoms. The number of benzene rings is 2. The van der Waals surface area contributed by atoms with Gasteiger partial charge in [-0.2, -0.15) is 0 Å². The van der Waals surface area contributed by atoms with Crippen molar-refractivity contribution in [1.82, 2.24) is 9.62 Å². The Hall–Kier alpha value is -2.11. The molecule has 0 radical (unpaired) electrons. The molecule has 0 saturated carbocycles. The van der Waals surface area contributed by atoms with Gasteiger partial charge in [0.05, 0.1) is 6.61 Å². The lowest BCUT2D eigenvalue weighted by molar-refractivity contribution is -0.198. The van der Waals surface area contributed by atoms with Gasteiger partial charge in [-0.3, -0.25) is 0 Å². The molecule has 2 aromatic carbocycles. The van der Waals surface area contributed by atoms with Crippen LogP contribution in [0.2, 0.25) is 0 Å². The molecule has 6 atom stereocenters. The highest BCUT2D eigenvalue weighted by molar-refractivity contribution is 7.89. The van der Waals surface area contributed by atoms with Crippen molar-refractivity contribution >= 4 is 10.0 Å². The predicted molar refractivity (Wildman–Crippen MR) is 115 cm³/mol. The summed E-state index contributed by atoms with van der Waals surface area (Å²) in [5.41, 5.74) is 0.818. The number of hydrogen-bond donors (Lipinski definition) is 1. The maximum absolute atomic E-state index is 15.8. The summed E-state index contributed by atoms with van der Waals surface area (Å²) in [5.74, 6) is 0.183. The molecule has 10 heteroatoms. The van der Waals surface area contributed by atoms with Crippen LogP contribution in [0.15, 0.2) is 42.5 Å². The van der Waals surface area contributed by atoms with Crippen molar-refractivity contribution in [2.45, 2.75) is 49.4 Å². The summed E-state index contributed by atoms with van der Waals surface area (Å²) in [6.45, 7) is 0.574. The fraction of sp³-hybridized carbons (Fsp3) is 0.478. The summed E-state index contributed by atoms with van der Waals surface area (Å²) < 4.78 is 73.8. The van der Waals surface area contributed by atoms with Crippen molar-refractivity contribution in [2.75, 3.05) is 19.2 Å². The number of sulfonamides is 1. The van der Waals surface area contributed by atoms with Crippen LogP contribution in [-0.4, -0.2) is 62.7 Å². The number of alkyl halides is 1. The monoisotopic (exact) mass is 478 g/mol. The lowest BCUT2D eigenvalue weighted by atomic mass is 9.93. The van der Waals surface area contributed by atoms with Gasteiger partial charge in [-0.15, -0.1) is 0 Å². The molecule has 0 amide bonds. The Balaban J connectivity index is 1.44. The number of rotatable bonds is 3. The fourth-order valence-electron chi connectivity index (χ4n) is 5.60. The quantitative estimate of drug-likeness (QED) is 0.684. The third-order valence-electron chi connectivity index (χ3n) is 7.09. The van der Waals surface area contributed by atoms with Gasteiger partial charge in [0, 0.05) is 23.2 Å². The van der Waals surface area contributed by atoms with Crippen molar-refractivity contribution in [1.29, 1.82) is 0 Å². The molecule has 6 rings (SSSR count). The van der Waals surface area contributed by atoms with Crippen LogP contribution in [0.25, 0.3) is 11.1 Å². The molecule has 4 bridgehead atoms. The zero-order valence-corrected chi connectivity index (χ0v) is 18.6. The Morgan fingerprint density at radius 3 is 2.76 bits per heavy atom. The molecule has 4 heterocycles. The van der Waals surface area contributed by atoms with Gasteiger partial charge in [0.1, 0.15) is 24.3 Å². The van der Waals surface area contributed by atoms with E-state index in [1.54, 1.807) is 24.3 Å². The fourth-order valence-corrected chi connectivity index (χ4v) is 6.40. The minimum absolute atomic E-state index is 0.222. The average Bonchev–Trinajstić information content (AvgIpc) is 3.33. The van der Waals surface area contributed by atoms with E-state index in [4.69, 9.17) is 14.2 Å². The molecule has 6 unspecified atom stereocenters. The summed E-state index contributed by atoms with van der Waals surface area (Å²) in [6.07, 6.45) is 0.656. The Morgan fingerprint density at radius 1 is 1.09 bits per heavy atom. The van der Waals surface area contributed by atoms with Crippen LogP contribution in [0.1, 0.15) is 18.4 Å². The molecule has 2 aromatic rings. The van der Waals surface area contributed by atoms with E-state index in [9.17, 15) is 12.8 Å². The van der Waals surface area contributed by atoms with Crippen molar-refractivity contribution in [3.05, 3.63) is 53.8 Å². The molecule has 3 saturated heterocycles. The molecular weight excluding hydrogens is 454 g/mol. The molecular formula is C23H24F2N2O5S. The third kappa shape index (κ3) is 3.30. The molecule has 0 aromatic heterocycles. The van der Waals surface area contributed by atoms with Crippen LogP contribution in [0.4, 0.5) is 8.78 Å². The first-order valence-electron chi connectivity index (χ1n) is 11.1. The Kier molecular flexibility index (Phi) is 5.00. The number of fused-ring (bicyclic) bond motifs is 4. The third-order valence-corrected chi connectivity index (χ3v) is 8.04. The van der Waals surface area contributed by atoms with Gasteiger partial charge in [0.25, 0.3) is 0 Å². The van der Waals surface area contributed by atoms with Gasteiger partial charge in [0.2, 0.25) is 16.0 Å². The minimum atomic E-state index is -4.10. The number of hydrogen-bond acceptors (Lipinski definition) is 6. The minimum Gasteiger partial charge on any atom is -0.491 e. The van der Waals surface area contributed by atoms with Gasteiger partial charge < -0.3 is 14.2 Å². The summed E-state index contributed by atoms with van der Waals surface area (Å²) in [7, 11) is -4.10. The van der Waals surface area contributed by atoms with Gasteiger partial charge >= 0.3 is 0 Å². The van der Waals surface area contributed by atoms with Crippen molar-refractivity contribution in [3.63, 3.8) is 0 Å². The summed E-state index contributed by atoms with van der Waals surface area (Å²) in [5, 5.41) is 0. The maximum Gasteiger partial charge on any atom is 0.241 e. The molecule has 176 valence electrons. The highest BCUT2D eigenvalue weighted by atomic mass is 32.2. The summed E-state index contributed by atoms with van der Waals surface area (Å²) in [6, 6.07) is 9.91. The van der Waals surface area contributed by atoms with Gasteiger partial charge in [0.15, 0.2) is 12.0 Å². The zero-order valence-electron chi connectivity index (χ0n) is 17.7. The Labute approximate surface area is 190 Å². The van der Waals surface area contributed by atoms with Crippen LogP contribution >= 0.6 is 0 Å². The van der Waals surface area contributed by atoms with E-state index in [1.165, 1.54) is 0 Å². The maximum atomic E-state index is 15.8. The Bertz CT molecular complexity index is 1200. The van der Waals surface area contributed by atoms with Crippen molar-refractivity contribution in [2.24, 2.45) is 0 Å². The van der Waals surface area contributed by atoms with Crippen LogP contribution in [0, 0.1) is 5.82 Å². The number of ether oxygens (including phenoxy) is 3. The molecule has 33 heavy (non-hydrogen) atoms. The summed E-state index contributed by atoms with van der Waals surface area (Å²) >= 11 is 0. The topological polar surface area (TPSA) is 76.9 Å². The molecule has 7 nitrogen and oxygen atoms in total. The second kappa shape index (κ2) is 7.71. The number of halogens is 2. The standard InChI is InChI=1S/C23H24F2N2O5S/c24-13-33(28,29)26-17-8-9-20-23-22(32-20)27(23)18(17)12-14-4-3-6-16(21(14)25)15-5-1-2-7-19(15)30-10-11-31-23/h1-7,17-18,20,22,26H,8-13H2. The average molecular weight is 479 g/mol. The first-order chi connectivity index (χ1) is 15.9. The molecule has 0 aliphatic carbocycles. The number of para-hydroxylation sites is 1. The van der Waals surface area contributed by atoms with E-state index in [-0.39, 0.29) is 31.2 Å². The smallest absolute Gasteiger partial charge is 0.241 e. The molecule has 1 N–H and O–H groups in total. The van der Waals surface area contributed by atoms with Crippen molar-refractivity contribution < 1.29 is 31.4 Å². The molecule has 4 aliphatic heterocycles. The van der Waals surface area contributed by atoms with Crippen LogP contribution < -0.4 is 9.46 Å². The molecule has 4 aliphatic rings. The Morgan fingerprint density at radius 2 is 1.91 bits per heavy atom. The van der Waals surface area contributed by atoms with E-state index in [0.29, 0.717) is 41.9 Å². The normalized spacial score (nSPS) is 34.7. The van der Waals surface area contributed by atoms with E-state index < -0.39 is 33.8 Å². The van der Waals surface area contributed by atoms with E-state index >= 15 is 4.39 Å². The van der Waals surface area contributed by atoms with E-state index in [2.05, 4.69) is 4.72 Å². The zero-order chi connectivity index (χ0) is 22.8. The number of nitrogens with one attached hydrogen (secondary N) is 1. The van der Waals surface area contributed by atoms with E-state index in [0.717, 1.165) is 0 Å². The second-order valence-corrected chi connectivity index (χ2v) is 10.6. The highest BCUT2D eigenvalue weighted by Crippen LogP contribution is 2.61. The lowest BCUT2D eigenvalue weighted by Gasteiger charge is -2.33. The SMILES string of the molecule is O=S(=O)(CF)NC1CCC2OC3N4C1Cc1cccc(c1F)-c1ccccc1OCCOC234. The van der Waals surface area contributed by atoms with Gasteiger partial charge in [-0.05, 0) is 30.9 Å². The van der Waals surface area contributed by atoms with Crippen LogP contribution in [0.3, 0.4) is 0 Å². The molecule has 3 fully saturated rings. The first-order valence-corrected chi connectivity index (χ1v) is 12.7. The first kappa shape index (κ1) is 21.4. The lowest BCUT2D eigenvalue weighted by Crippen LogP contribution is -2.48. The largest absolute Gasteiger partial charge is 0.491 e. The van der Waals surface area contributed by atoms with E-state index in [1.807, 2.05) is 23.1 Å². The van der Waals surface area contributed by atoms with Crippen molar-refractivity contribution in [3.8, 4) is 16.9 Å². The van der Waals surface area contributed by atoms with Crippen LogP contribution in [0.5, 0.6) is 5.75 Å². The van der Waals surface area contributed by atoms with Gasteiger partial charge in [-0.25, -0.2) is 26.8 Å². The highest BCUT2D eigenvalue weighted by Gasteiger charge is 2.81. The van der Waals surface area contributed by atoms with Crippen LogP contribution in [-0.2, 0) is 25.9 Å². The summed E-state index contributed by atoms with van der Waals surface area (Å²) in [4.78, 5) is 1.98. The predicted octanol–water partition coefficient (Wildman–Crippen LogP) is 2.56. The van der Waals surface area contributed by atoms with Gasteiger partial charge in [-0.1, -0.05) is 36.4 Å². The number of nitrogens with zero attached hydrogens (tertiary/aromatic N) is 1.